The van der Waals surface area contributed by atoms with Gasteiger partial charge >= 0.3 is 0 Å². The molecule has 3 aromatic rings. The molecule has 0 spiro atoms. The molecule has 1 aliphatic carbocycles. The van der Waals surface area contributed by atoms with Crippen LogP contribution in [-0.4, -0.2) is 29.3 Å². The molecule has 4 rings (SSSR count). The van der Waals surface area contributed by atoms with Crippen LogP contribution in [-0.2, 0) is 6.42 Å². The highest BCUT2D eigenvalue weighted by molar-refractivity contribution is 5.91. The van der Waals surface area contributed by atoms with Crippen molar-refractivity contribution in [2.45, 2.75) is 45.6 Å². The molecule has 0 bridgehead atoms. The predicted molar refractivity (Wildman–Crippen MR) is 122 cm³/mol. The maximum Gasteiger partial charge on any atom is 0.150 e. The third-order valence-electron chi connectivity index (χ3n) is 6.56. The van der Waals surface area contributed by atoms with Gasteiger partial charge in [-0.2, -0.15) is 0 Å². The molecule has 0 amide bonds. The fourth-order valence-corrected chi connectivity index (χ4v) is 4.97. The third kappa shape index (κ3) is 5.02. The molecule has 1 aromatic heterocycles. The number of benzene rings is 2. The Morgan fingerprint density at radius 3 is 2.41 bits per heavy atom. The number of hydrogen-bond acceptors (Lipinski definition) is 2. The number of rotatable bonds is 9. The monoisotopic (exact) mass is 444 g/mol. The van der Waals surface area contributed by atoms with Crippen LogP contribution in [0, 0.1) is 35.2 Å². The summed E-state index contributed by atoms with van der Waals surface area (Å²) < 4.78 is 41.9. The van der Waals surface area contributed by atoms with E-state index in [1.54, 1.807) is 12.1 Å². The molecule has 1 aliphatic rings. The number of H-pyrrole nitrogens is 1. The molecule has 0 unspecified atom stereocenters. The van der Waals surface area contributed by atoms with E-state index in [1.165, 1.54) is 18.2 Å². The molecular weight excluding hydrogens is 413 g/mol. The van der Waals surface area contributed by atoms with E-state index in [0.29, 0.717) is 29.6 Å². The quantitative estimate of drug-likeness (QED) is 0.390. The topological polar surface area (TPSA) is 48.0 Å². The summed E-state index contributed by atoms with van der Waals surface area (Å²) >= 11 is 0. The molecular formula is C26H31F3N2O. The summed E-state index contributed by atoms with van der Waals surface area (Å²) in [6.07, 6.45) is 3.71. The number of aromatic nitrogens is 1. The molecule has 32 heavy (non-hydrogen) atoms. The van der Waals surface area contributed by atoms with Gasteiger partial charge in [-0.1, -0.05) is 13.8 Å². The Kier molecular flexibility index (Phi) is 6.91. The molecule has 2 aromatic carbocycles. The molecule has 1 fully saturated rings. The Bertz CT molecular complexity index is 1060. The van der Waals surface area contributed by atoms with Gasteiger partial charge in [0.2, 0.25) is 0 Å². The van der Waals surface area contributed by atoms with E-state index in [0.717, 1.165) is 48.7 Å². The fraction of sp³-hybridized carbons (Fsp3) is 0.462. The SMILES string of the molecule is CC(C)C[C@H](CO)NCC1CC(Cc2c(-c3ccc(F)cc3)[nH]c3c(F)cc(F)cc23)C1. The minimum Gasteiger partial charge on any atom is -0.395 e. The number of fused-ring (bicyclic) bond motifs is 1. The maximum atomic E-state index is 14.5. The summed E-state index contributed by atoms with van der Waals surface area (Å²) in [5.41, 5.74) is 2.66. The normalized spacial score (nSPS) is 19.5. The number of halogens is 3. The lowest BCUT2D eigenvalue weighted by Crippen LogP contribution is -2.41. The van der Waals surface area contributed by atoms with Crippen LogP contribution in [0.3, 0.4) is 0 Å². The van der Waals surface area contributed by atoms with Gasteiger partial charge in [0.15, 0.2) is 0 Å². The van der Waals surface area contributed by atoms with Crippen molar-refractivity contribution in [2.24, 2.45) is 17.8 Å². The number of aromatic amines is 1. The lowest BCUT2D eigenvalue weighted by molar-refractivity contribution is 0.164. The molecule has 0 saturated heterocycles. The Hall–Kier alpha value is -2.31. The molecule has 3 nitrogen and oxygen atoms in total. The van der Waals surface area contributed by atoms with Crippen LogP contribution in [0.1, 0.15) is 38.7 Å². The molecule has 3 N–H and O–H groups in total. The first-order chi connectivity index (χ1) is 15.3. The number of aliphatic hydroxyl groups excluding tert-OH is 1. The van der Waals surface area contributed by atoms with Crippen molar-refractivity contribution in [1.82, 2.24) is 10.3 Å². The zero-order valence-electron chi connectivity index (χ0n) is 18.6. The highest BCUT2D eigenvalue weighted by atomic mass is 19.1. The van der Waals surface area contributed by atoms with Crippen LogP contribution < -0.4 is 5.32 Å². The first kappa shape index (κ1) is 22.9. The van der Waals surface area contributed by atoms with Crippen LogP contribution in [0.15, 0.2) is 36.4 Å². The summed E-state index contributed by atoms with van der Waals surface area (Å²) in [7, 11) is 0. The maximum absolute atomic E-state index is 14.5. The zero-order valence-corrected chi connectivity index (χ0v) is 18.6. The molecule has 1 atom stereocenters. The molecule has 6 heteroatoms. The van der Waals surface area contributed by atoms with Gasteiger partial charge in [0.1, 0.15) is 17.5 Å². The Labute approximate surface area is 187 Å². The standard InChI is InChI=1S/C26H31F3N2O/c1-15(2)7-21(14-32)30-13-17-8-16(9-17)10-22-23-11-20(28)12-24(29)26(23)31-25(22)18-3-5-19(27)6-4-18/h3-6,11-12,15-17,21,30-32H,7-10,13-14H2,1-2H3/t16?,17?,21-/m1/s1. The van der Waals surface area contributed by atoms with Gasteiger partial charge in [0.25, 0.3) is 0 Å². The summed E-state index contributed by atoms with van der Waals surface area (Å²) in [6.45, 7) is 5.31. The number of nitrogens with one attached hydrogen (secondary N) is 2. The van der Waals surface area contributed by atoms with Gasteiger partial charge in [-0.25, -0.2) is 13.2 Å². The van der Waals surface area contributed by atoms with Crippen molar-refractivity contribution >= 4 is 10.9 Å². The minimum atomic E-state index is -0.620. The van der Waals surface area contributed by atoms with Gasteiger partial charge in [-0.05, 0) is 91.4 Å². The van der Waals surface area contributed by atoms with Crippen LogP contribution >= 0.6 is 0 Å². The van der Waals surface area contributed by atoms with Crippen molar-refractivity contribution in [3.8, 4) is 11.3 Å². The molecule has 1 heterocycles. The highest BCUT2D eigenvalue weighted by Gasteiger charge is 2.31. The third-order valence-corrected chi connectivity index (χ3v) is 6.56. The lowest BCUT2D eigenvalue weighted by Gasteiger charge is -2.37. The first-order valence-corrected chi connectivity index (χ1v) is 11.4. The molecule has 172 valence electrons. The summed E-state index contributed by atoms with van der Waals surface area (Å²) in [5, 5.41) is 13.6. The number of aliphatic hydroxyl groups is 1. The van der Waals surface area contributed by atoms with E-state index in [1.807, 2.05) is 0 Å². The van der Waals surface area contributed by atoms with Gasteiger partial charge in [0, 0.05) is 23.2 Å². The van der Waals surface area contributed by atoms with E-state index < -0.39 is 11.6 Å². The Morgan fingerprint density at radius 2 is 1.75 bits per heavy atom. The smallest absolute Gasteiger partial charge is 0.150 e. The van der Waals surface area contributed by atoms with Crippen LogP contribution in [0.25, 0.3) is 22.2 Å². The van der Waals surface area contributed by atoms with E-state index >= 15 is 0 Å². The van der Waals surface area contributed by atoms with Gasteiger partial charge in [-0.3, -0.25) is 0 Å². The minimum absolute atomic E-state index is 0.124. The fourth-order valence-electron chi connectivity index (χ4n) is 4.97. The van der Waals surface area contributed by atoms with Gasteiger partial charge in [-0.15, -0.1) is 0 Å². The van der Waals surface area contributed by atoms with E-state index in [9.17, 15) is 18.3 Å². The van der Waals surface area contributed by atoms with Gasteiger partial charge < -0.3 is 15.4 Å². The van der Waals surface area contributed by atoms with Crippen molar-refractivity contribution in [2.75, 3.05) is 13.2 Å². The Morgan fingerprint density at radius 1 is 1.03 bits per heavy atom. The highest BCUT2D eigenvalue weighted by Crippen LogP contribution is 2.40. The second-order valence-electron chi connectivity index (χ2n) is 9.62. The molecule has 0 radical (unpaired) electrons. The van der Waals surface area contributed by atoms with Gasteiger partial charge in [0.05, 0.1) is 12.1 Å². The van der Waals surface area contributed by atoms with Crippen LogP contribution in [0.5, 0.6) is 0 Å². The summed E-state index contributed by atoms with van der Waals surface area (Å²) in [6, 6.07) is 8.47. The van der Waals surface area contributed by atoms with E-state index in [-0.39, 0.29) is 24.0 Å². The van der Waals surface area contributed by atoms with Crippen molar-refractivity contribution in [3.05, 3.63) is 59.4 Å². The average Bonchev–Trinajstić information content (AvgIpc) is 3.07. The first-order valence-electron chi connectivity index (χ1n) is 11.4. The summed E-state index contributed by atoms with van der Waals surface area (Å²) in [4.78, 5) is 3.12. The second-order valence-corrected chi connectivity index (χ2v) is 9.62. The summed E-state index contributed by atoms with van der Waals surface area (Å²) in [5.74, 6) is -0.0709. The largest absolute Gasteiger partial charge is 0.395 e. The second kappa shape index (κ2) is 9.67. The van der Waals surface area contributed by atoms with Crippen molar-refractivity contribution < 1.29 is 18.3 Å². The predicted octanol–water partition coefficient (Wildman–Crippen LogP) is 5.82. The van der Waals surface area contributed by atoms with Crippen molar-refractivity contribution in [1.29, 1.82) is 0 Å². The van der Waals surface area contributed by atoms with E-state index in [2.05, 4.69) is 24.1 Å². The van der Waals surface area contributed by atoms with E-state index in [4.69, 9.17) is 0 Å². The van der Waals surface area contributed by atoms with Crippen LogP contribution in [0.4, 0.5) is 13.2 Å². The number of hydrogen-bond donors (Lipinski definition) is 3. The zero-order chi connectivity index (χ0) is 22.8. The molecule has 0 aliphatic heterocycles. The Balaban J connectivity index is 1.49. The molecule has 1 saturated carbocycles. The average molecular weight is 445 g/mol. The van der Waals surface area contributed by atoms with Crippen LogP contribution in [0.2, 0.25) is 0 Å². The van der Waals surface area contributed by atoms with Crippen molar-refractivity contribution in [3.63, 3.8) is 0 Å². The lowest BCUT2D eigenvalue weighted by atomic mass is 9.71.